The molecule has 5 nitrogen and oxygen atoms in total. The molecule has 1 aliphatic heterocycles. The number of hydrogen-bond donors (Lipinski definition) is 1. The van der Waals surface area contributed by atoms with E-state index in [4.69, 9.17) is 0 Å². The van der Waals surface area contributed by atoms with Crippen LogP contribution >= 0.6 is 0 Å². The maximum atomic E-state index is 12.8. The number of nitrogens with zero attached hydrogens (tertiary/aromatic N) is 1. The lowest BCUT2D eigenvalue weighted by Gasteiger charge is -2.25. The number of nitrogens with one attached hydrogen (secondary N) is 1. The average Bonchev–Trinajstić information content (AvgIpc) is 2.79. The van der Waals surface area contributed by atoms with Gasteiger partial charge in [-0.2, -0.15) is 4.31 Å². The van der Waals surface area contributed by atoms with Crippen molar-refractivity contribution in [2.75, 3.05) is 13.1 Å². The van der Waals surface area contributed by atoms with Gasteiger partial charge in [-0.05, 0) is 59.9 Å². The third-order valence-corrected chi connectivity index (χ3v) is 7.80. The zero-order valence-corrected chi connectivity index (χ0v) is 18.6. The van der Waals surface area contributed by atoms with E-state index in [1.54, 1.807) is 28.6 Å². The van der Waals surface area contributed by atoms with Crippen molar-refractivity contribution in [3.8, 4) is 0 Å². The molecule has 3 aromatic rings. The van der Waals surface area contributed by atoms with Crippen molar-refractivity contribution in [3.05, 3.63) is 77.9 Å². The molecule has 6 heteroatoms. The summed E-state index contributed by atoms with van der Waals surface area (Å²) in [5.74, 6) is -0.0905. The molecule has 0 saturated carbocycles. The Kier molecular flexibility index (Phi) is 6.39. The van der Waals surface area contributed by atoms with Crippen LogP contribution in [0.25, 0.3) is 10.8 Å². The summed E-state index contributed by atoms with van der Waals surface area (Å²) in [6, 6.07) is 20.9. The quantitative estimate of drug-likeness (QED) is 0.621. The lowest BCUT2D eigenvalue weighted by Crippen LogP contribution is -2.35. The van der Waals surface area contributed by atoms with Crippen molar-refractivity contribution in [1.82, 2.24) is 9.62 Å². The number of carbonyl (C=O) groups excluding carboxylic acids is 1. The number of amides is 1. The predicted molar refractivity (Wildman–Crippen MR) is 123 cm³/mol. The minimum absolute atomic E-state index is 0.0905. The molecule has 4 rings (SSSR count). The van der Waals surface area contributed by atoms with E-state index in [2.05, 4.69) is 29.6 Å². The highest BCUT2D eigenvalue weighted by atomic mass is 32.2. The van der Waals surface area contributed by atoms with Crippen molar-refractivity contribution in [1.29, 1.82) is 0 Å². The SMILES string of the molecule is CC(NC(=O)Cc1ccc(S(=O)(=O)N2CCCCC2)cc1)c1ccc2ccccc2c1. The van der Waals surface area contributed by atoms with Crippen LogP contribution in [0, 0.1) is 0 Å². The van der Waals surface area contributed by atoms with Gasteiger partial charge < -0.3 is 5.32 Å². The van der Waals surface area contributed by atoms with Crippen LogP contribution in [-0.2, 0) is 21.2 Å². The minimum atomic E-state index is -3.45. The van der Waals surface area contributed by atoms with Gasteiger partial charge in [-0.15, -0.1) is 0 Å². The Morgan fingerprint density at radius 2 is 1.61 bits per heavy atom. The lowest BCUT2D eigenvalue weighted by atomic mass is 10.0. The van der Waals surface area contributed by atoms with Gasteiger partial charge in [-0.25, -0.2) is 8.42 Å². The Morgan fingerprint density at radius 1 is 0.935 bits per heavy atom. The van der Waals surface area contributed by atoms with Crippen LogP contribution in [-0.4, -0.2) is 31.7 Å². The second-order valence-electron chi connectivity index (χ2n) is 8.18. The highest BCUT2D eigenvalue weighted by molar-refractivity contribution is 7.89. The molecule has 1 amide bonds. The predicted octanol–water partition coefficient (Wildman–Crippen LogP) is 4.43. The molecular formula is C25H28N2O3S. The maximum Gasteiger partial charge on any atom is 0.243 e. The van der Waals surface area contributed by atoms with E-state index in [0.29, 0.717) is 18.0 Å². The number of benzene rings is 3. The summed E-state index contributed by atoms with van der Waals surface area (Å²) in [5, 5.41) is 5.36. The molecule has 1 saturated heterocycles. The van der Waals surface area contributed by atoms with Crippen LogP contribution in [0.5, 0.6) is 0 Å². The Hall–Kier alpha value is -2.70. The molecule has 3 aromatic carbocycles. The van der Waals surface area contributed by atoms with Crippen LogP contribution in [0.15, 0.2) is 71.6 Å². The molecule has 1 atom stereocenters. The summed E-state index contributed by atoms with van der Waals surface area (Å²) in [7, 11) is -3.45. The molecular weight excluding hydrogens is 408 g/mol. The zero-order valence-electron chi connectivity index (χ0n) is 17.8. The fourth-order valence-corrected chi connectivity index (χ4v) is 5.59. The highest BCUT2D eigenvalue weighted by Crippen LogP contribution is 2.22. The molecule has 1 heterocycles. The molecule has 1 unspecified atom stereocenters. The van der Waals surface area contributed by atoms with Gasteiger partial charge in [-0.1, -0.05) is 55.0 Å². The van der Waals surface area contributed by atoms with Gasteiger partial charge in [0.1, 0.15) is 0 Å². The standard InChI is InChI=1S/C25H28N2O3S/c1-19(22-12-11-21-7-3-4-8-23(21)18-22)26-25(28)17-20-9-13-24(14-10-20)31(29,30)27-15-5-2-6-16-27/h3-4,7-14,18-19H,2,5-6,15-17H2,1H3,(H,26,28). The third kappa shape index (κ3) is 4.97. The van der Waals surface area contributed by atoms with Crippen LogP contribution in [0.1, 0.15) is 43.4 Å². The first kappa shape index (κ1) is 21.5. The molecule has 0 spiro atoms. The zero-order chi connectivity index (χ0) is 21.8. The summed E-state index contributed by atoms with van der Waals surface area (Å²) in [6.07, 6.45) is 3.11. The topological polar surface area (TPSA) is 66.5 Å². The molecule has 1 aliphatic rings. The Balaban J connectivity index is 1.39. The van der Waals surface area contributed by atoms with Crippen molar-refractivity contribution in [2.24, 2.45) is 0 Å². The summed E-state index contributed by atoms with van der Waals surface area (Å²) in [4.78, 5) is 12.8. The molecule has 0 aromatic heterocycles. The fraction of sp³-hybridized carbons (Fsp3) is 0.320. The molecule has 162 valence electrons. The number of sulfonamides is 1. The van der Waals surface area contributed by atoms with Crippen molar-refractivity contribution in [3.63, 3.8) is 0 Å². The van der Waals surface area contributed by atoms with Gasteiger partial charge in [-0.3, -0.25) is 4.79 Å². The lowest BCUT2D eigenvalue weighted by molar-refractivity contribution is -0.121. The summed E-state index contributed by atoms with van der Waals surface area (Å²) >= 11 is 0. The van der Waals surface area contributed by atoms with Crippen LogP contribution < -0.4 is 5.32 Å². The number of fused-ring (bicyclic) bond motifs is 1. The third-order valence-electron chi connectivity index (χ3n) is 5.89. The Labute approximate surface area is 184 Å². The highest BCUT2D eigenvalue weighted by Gasteiger charge is 2.25. The first-order valence-corrected chi connectivity index (χ1v) is 12.2. The second kappa shape index (κ2) is 9.20. The summed E-state index contributed by atoms with van der Waals surface area (Å²) in [5.41, 5.74) is 1.84. The molecule has 0 radical (unpaired) electrons. The van der Waals surface area contributed by atoms with E-state index in [-0.39, 0.29) is 18.4 Å². The van der Waals surface area contributed by atoms with E-state index in [1.807, 2.05) is 25.1 Å². The van der Waals surface area contributed by atoms with E-state index >= 15 is 0 Å². The van der Waals surface area contributed by atoms with Crippen LogP contribution in [0.2, 0.25) is 0 Å². The largest absolute Gasteiger partial charge is 0.349 e. The average molecular weight is 437 g/mol. The molecule has 1 fully saturated rings. The van der Waals surface area contributed by atoms with Gasteiger partial charge in [0.15, 0.2) is 0 Å². The van der Waals surface area contributed by atoms with Gasteiger partial charge in [0.25, 0.3) is 0 Å². The second-order valence-corrected chi connectivity index (χ2v) is 10.1. The maximum absolute atomic E-state index is 12.8. The van der Waals surface area contributed by atoms with E-state index in [9.17, 15) is 13.2 Å². The van der Waals surface area contributed by atoms with E-state index < -0.39 is 10.0 Å². The van der Waals surface area contributed by atoms with Gasteiger partial charge in [0.05, 0.1) is 17.4 Å². The number of piperidine rings is 1. The molecule has 31 heavy (non-hydrogen) atoms. The van der Waals surface area contributed by atoms with Gasteiger partial charge in [0.2, 0.25) is 15.9 Å². The van der Waals surface area contributed by atoms with Crippen molar-refractivity contribution in [2.45, 2.75) is 43.5 Å². The molecule has 0 aliphatic carbocycles. The number of carbonyl (C=O) groups is 1. The smallest absolute Gasteiger partial charge is 0.243 e. The van der Waals surface area contributed by atoms with E-state index in [0.717, 1.165) is 35.8 Å². The van der Waals surface area contributed by atoms with E-state index in [1.165, 1.54) is 5.39 Å². The van der Waals surface area contributed by atoms with Crippen molar-refractivity contribution < 1.29 is 13.2 Å². The van der Waals surface area contributed by atoms with Crippen LogP contribution in [0.3, 0.4) is 0 Å². The normalized spacial score (nSPS) is 16.2. The number of hydrogen-bond acceptors (Lipinski definition) is 3. The summed E-state index contributed by atoms with van der Waals surface area (Å²) in [6.45, 7) is 3.13. The fourth-order valence-electron chi connectivity index (χ4n) is 4.07. The Bertz CT molecular complexity index is 1170. The number of rotatable bonds is 6. The first-order chi connectivity index (χ1) is 14.9. The van der Waals surface area contributed by atoms with Gasteiger partial charge in [0, 0.05) is 13.1 Å². The monoisotopic (exact) mass is 436 g/mol. The summed E-state index contributed by atoms with van der Waals surface area (Å²) < 4.78 is 27.1. The Morgan fingerprint density at radius 3 is 2.32 bits per heavy atom. The van der Waals surface area contributed by atoms with Gasteiger partial charge >= 0.3 is 0 Å². The minimum Gasteiger partial charge on any atom is -0.349 e. The molecule has 0 bridgehead atoms. The molecule has 1 N–H and O–H groups in total. The van der Waals surface area contributed by atoms with Crippen LogP contribution in [0.4, 0.5) is 0 Å². The first-order valence-electron chi connectivity index (χ1n) is 10.8. The van der Waals surface area contributed by atoms with Crippen molar-refractivity contribution >= 4 is 26.7 Å².